The highest BCUT2D eigenvalue weighted by atomic mass is 32.2. The number of nitriles is 1. The second-order valence-electron chi connectivity index (χ2n) is 7.97. The lowest BCUT2D eigenvalue weighted by atomic mass is 10.2. The van der Waals surface area contributed by atoms with Gasteiger partial charge in [0.05, 0.1) is 27.7 Å². The molecule has 1 saturated carbocycles. The van der Waals surface area contributed by atoms with Crippen molar-refractivity contribution in [1.29, 1.82) is 5.26 Å². The molecule has 1 aromatic heterocycles. The van der Waals surface area contributed by atoms with Gasteiger partial charge in [-0.15, -0.1) is 4.36 Å². The maximum Gasteiger partial charge on any atom is 0.230 e. The van der Waals surface area contributed by atoms with Gasteiger partial charge < -0.3 is 10.1 Å². The molecular weight excluding hydrogens is 443 g/mol. The fourth-order valence-corrected chi connectivity index (χ4v) is 4.36. The number of nitrogens with zero attached hydrogens (tertiary/aromatic N) is 5. The summed E-state index contributed by atoms with van der Waals surface area (Å²) >= 11 is 0. The smallest absolute Gasteiger partial charge is 0.230 e. The molecule has 1 N–H and O–H groups in total. The summed E-state index contributed by atoms with van der Waals surface area (Å²) in [5.41, 5.74) is 2.01. The van der Waals surface area contributed by atoms with Crippen molar-refractivity contribution in [2.75, 3.05) is 18.2 Å². The predicted molar refractivity (Wildman–Crippen MR) is 124 cm³/mol. The molecule has 4 rings (SSSR count). The average molecular weight is 467 g/mol. The zero-order chi connectivity index (χ0) is 23.3. The van der Waals surface area contributed by atoms with E-state index in [1.165, 1.54) is 37.6 Å². The van der Waals surface area contributed by atoms with Gasteiger partial charge in [-0.1, -0.05) is 25.0 Å². The normalized spacial score (nSPS) is 14.7. The molecule has 0 spiro atoms. The number of halogens is 1. The second kappa shape index (κ2) is 9.92. The maximum atomic E-state index is 13.8. The van der Waals surface area contributed by atoms with Crippen LogP contribution in [0.5, 0.6) is 5.75 Å². The summed E-state index contributed by atoms with van der Waals surface area (Å²) < 4.78 is 35.5. The van der Waals surface area contributed by atoms with E-state index in [1.54, 1.807) is 24.4 Å². The lowest BCUT2D eigenvalue weighted by molar-refractivity contribution is 0.302. The summed E-state index contributed by atoms with van der Waals surface area (Å²) in [7, 11) is -2.63. The molecule has 10 heteroatoms. The predicted octanol–water partition coefficient (Wildman–Crippen LogP) is 4.68. The summed E-state index contributed by atoms with van der Waals surface area (Å²) in [6.07, 6.45) is 7.83. The monoisotopic (exact) mass is 466 g/mol. The fraction of sp³-hybridized carbons (Fsp3) is 0.304. The van der Waals surface area contributed by atoms with Crippen molar-refractivity contribution in [3.05, 3.63) is 60.2 Å². The molecule has 2 aromatic carbocycles. The van der Waals surface area contributed by atoms with Crippen LogP contribution in [0.25, 0.3) is 11.4 Å². The van der Waals surface area contributed by atoms with E-state index in [2.05, 4.69) is 24.6 Å². The molecule has 170 valence electrons. The van der Waals surface area contributed by atoms with Crippen LogP contribution >= 0.6 is 0 Å². The summed E-state index contributed by atoms with van der Waals surface area (Å²) in [5, 5.41) is 11.8. The molecule has 1 heterocycles. The van der Waals surface area contributed by atoms with Gasteiger partial charge in [0.15, 0.2) is 5.82 Å². The van der Waals surface area contributed by atoms with Gasteiger partial charge in [-0.25, -0.2) is 18.6 Å². The van der Waals surface area contributed by atoms with E-state index in [1.807, 2.05) is 12.1 Å². The van der Waals surface area contributed by atoms with Gasteiger partial charge in [0, 0.05) is 18.0 Å². The van der Waals surface area contributed by atoms with Crippen molar-refractivity contribution in [2.45, 2.75) is 25.0 Å². The minimum absolute atomic E-state index is 0.148. The molecule has 0 bridgehead atoms. The molecule has 0 saturated heterocycles. The Morgan fingerprint density at radius 2 is 2.12 bits per heavy atom. The van der Waals surface area contributed by atoms with E-state index in [4.69, 9.17) is 10.00 Å². The zero-order valence-corrected chi connectivity index (χ0v) is 18.9. The highest BCUT2D eigenvalue weighted by Gasteiger charge is 2.21. The summed E-state index contributed by atoms with van der Waals surface area (Å²) in [4.78, 5) is 12.9. The van der Waals surface area contributed by atoms with Crippen molar-refractivity contribution >= 4 is 21.4 Å². The fourth-order valence-electron chi connectivity index (χ4n) is 3.32. The summed E-state index contributed by atoms with van der Waals surface area (Å²) in [6.45, 7) is 0.517. The van der Waals surface area contributed by atoms with Crippen LogP contribution in [0.2, 0.25) is 0 Å². The minimum Gasteiger partial charge on any atom is -0.493 e. The molecular formula is C23H23FN6O2S. The maximum absolute atomic E-state index is 13.8. The van der Waals surface area contributed by atoms with Crippen LogP contribution in [-0.2, 0) is 15.5 Å². The Kier molecular flexibility index (Phi) is 6.79. The number of ether oxygens (including phenoxy) is 1. The number of benzene rings is 2. The Hall–Kier alpha value is -3.58. The molecule has 1 unspecified atom stereocenters. The van der Waals surface area contributed by atoms with Crippen LogP contribution in [0.1, 0.15) is 24.8 Å². The Morgan fingerprint density at radius 1 is 1.27 bits per heavy atom. The Balaban J connectivity index is 1.53. The van der Waals surface area contributed by atoms with Crippen LogP contribution in [0, 0.1) is 23.2 Å². The van der Waals surface area contributed by atoms with E-state index in [0.29, 0.717) is 41.3 Å². The van der Waals surface area contributed by atoms with Crippen LogP contribution in [0.15, 0.2) is 53.2 Å². The van der Waals surface area contributed by atoms with E-state index < -0.39 is 9.73 Å². The van der Waals surface area contributed by atoms with E-state index >= 15 is 0 Å². The number of nitrogens with one attached hydrogen (secondary N) is 1. The molecule has 1 aliphatic carbocycles. The number of hydrogen-bond donors (Lipinski definition) is 1. The largest absolute Gasteiger partial charge is 0.493 e. The first kappa shape index (κ1) is 22.6. The van der Waals surface area contributed by atoms with Crippen molar-refractivity contribution < 1.29 is 13.3 Å². The van der Waals surface area contributed by atoms with Gasteiger partial charge >= 0.3 is 0 Å². The van der Waals surface area contributed by atoms with Crippen LogP contribution in [-0.4, -0.2) is 32.0 Å². The number of hydrogen-bond acceptors (Lipinski definition) is 8. The van der Waals surface area contributed by atoms with Crippen molar-refractivity contribution in [1.82, 2.24) is 15.0 Å². The van der Waals surface area contributed by atoms with E-state index in [-0.39, 0.29) is 11.6 Å². The van der Waals surface area contributed by atoms with Crippen molar-refractivity contribution in [3.63, 3.8) is 0 Å². The quantitative estimate of drug-likeness (QED) is 0.456. The standard InChI is InChI=1S/C23H23FN6O2S/c1-33(31,28-14-25)13-17-3-2-4-19(11-17)29-23-27-15-26-22(30-23)20-8-7-18(24)12-21(20)32-10-9-16-5-6-16/h2-4,7-8,11-12,15-16H,5-6,9-10,13H2,1H3,(H,26,27,29,30). The third-order valence-electron chi connectivity index (χ3n) is 5.09. The van der Waals surface area contributed by atoms with Crippen molar-refractivity contribution in [2.24, 2.45) is 10.3 Å². The number of anilines is 2. The van der Waals surface area contributed by atoms with Crippen molar-refractivity contribution in [3.8, 4) is 23.3 Å². The van der Waals surface area contributed by atoms with Gasteiger partial charge in [-0.05, 0) is 42.2 Å². The van der Waals surface area contributed by atoms with Gasteiger partial charge in [0.2, 0.25) is 12.1 Å². The molecule has 1 atom stereocenters. The molecule has 1 fully saturated rings. The van der Waals surface area contributed by atoms with E-state index in [0.717, 1.165) is 12.0 Å². The van der Waals surface area contributed by atoms with Crippen LogP contribution in [0.4, 0.5) is 16.0 Å². The molecule has 3 aromatic rings. The van der Waals surface area contributed by atoms with E-state index in [9.17, 15) is 8.60 Å². The minimum atomic E-state index is -2.63. The lowest BCUT2D eigenvalue weighted by Crippen LogP contribution is -2.04. The Labute approximate surface area is 192 Å². The summed E-state index contributed by atoms with van der Waals surface area (Å²) in [5.74, 6) is 1.52. The molecule has 1 aliphatic rings. The Morgan fingerprint density at radius 3 is 2.91 bits per heavy atom. The highest BCUT2D eigenvalue weighted by Crippen LogP contribution is 2.34. The molecule has 0 amide bonds. The van der Waals surface area contributed by atoms with Crippen LogP contribution in [0.3, 0.4) is 0 Å². The van der Waals surface area contributed by atoms with Gasteiger partial charge in [-0.3, -0.25) is 0 Å². The topological polar surface area (TPSA) is 113 Å². The van der Waals surface area contributed by atoms with Gasteiger partial charge in [0.25, 0.3) is 0 Å². The van der Waals surface area contributed by atoms with Gasteiger partial charge in [-0.2, -0.15) is 10.2 Å². The first-order valence-corrected chi connectivity index (χ1v) is 12.6. The zero-order valence-electron chi connectivity index (χ0n) is 18.1. The molecule has 8 nitrogen and oxygen atoms in total. The van der Waals surface area contributed by atoms with Gasteiger partial charge in [0.1, 0.15) is 17.9 Å². The lowest BCUT2D eigenvalue weighted by Gasteiger charge is -2.12. The SMILES string of the molecule is CS(=O)(Cc1cccc(Nc2ncnc(-c3ccc(F)cc3OCCC3CC3)n2)c1)=NC#N. The third-order valence-corrected chi connectivity index (χ3v) is 6.43. The first-order chi connectivity index (χ1) is 15.9. The van der Waals surface area contributed by atoms with Crippen LogP contribution < -0.4 is 10.1 Å². The highest BCUT2D eigenvalue weighted by molar-refractivity contribution is 7.92. The average Bonchev–Trinajstić information content (AvgIpc) is 3.58. The molecule has 0 aliphatic heterocycles. The summed E-state index contributed by atoms with van der Waals surface area (Å²) in [6, 6.07) is 11.5. The second-order valence-corrected chi connectivity index (χ2v) is 10.4. The molecule has 0 radical (unpaired) electrons. The number of rotatable bonds is 9. The first-order valence-electron chi connectivity index (χ1n) is 10.5. The third kappa shape index (κ3) is 6.46. The number of aromatic nitrogens is 3. The molecule has 33 heavy (non-hydrogen) atoms. The Bertz CT molecular complexity index is 1310.